The number of hydrogen-bond donors (Lipinski definition) is 3. The van der Waals surface area contributed by atoms with Crippen molar-refractivity contribution in [2.75, 3.05) is 5.32 Å². The minimum atomic E-state index is -0.940. The van der Waals surface area contributed by atoms with Crippen LogP contribution < -0.4 is 5.32 Å². The molecule has 3 rings (SSSR count). The normalized spacial score (nSPS) is 10.3. The van der Waals surface area contributed by atoms with E-state index in [4.69, 9.17) is 5.11 Å². The van der Waals surface area contributed by atoms with E-state index in [1.165, 1.54) is 0 Å². The molecule has 3 aromatic rings. The first-order valence-corrected chi connectivity index (χ1v) is 7.42. The smallest absolute Gasteiger partial charge is 0.335 e. The second kappa shape index (κ2) is 6.83. The van der Waals surface area contributed by atoms with E-state index in [-0.39, 0.29) is 11.3 Å². The van der Waals surface area contributed by atoms with E-state index in [1.807, 2.05) is 18.2 Å². The summed E-state index contributed by atoms with van der Waals surface area (Å²) in [6.07, 6.45) is 3.43. The Hall–Kier alpha value is -3.34. The van der Waals surface area contributed by atoms with Crippen LogP contribution in [0.1, 0.15) is 15.9 Å². The fourth-order valence-electron chi connectivity index (χ4n) is 2.40. The van der Waals surface area contributed by atoms with E-state index >= 15 is 0 Å². The first-order valence-electron chi connectivity index (χ1n) is 7.42. The Morgan fingerprint density at radius 1 is 1.00 bits per heavy atom. The summed E-state index contributed by atoms with van der Waals surface area (Å²) in [6, 6.07) is 15.7. The summed E-state index contributed by atoms with van der Waals surface area (Å²) in [5.74, 6) is -0.735. The molecule has 1 aromatic heterocycles. The summed E-state index contributed by atoms with van der Waals surface area (Å²) in [5, 5.41) is 21.8. The second-order valence-corrected chi connectivity index (χ2v) is 5.37. The minimum Gasteiger partial charge on any atom is -0.508 e. The van der Waals surface area contributed by atoms with Gasteiger partial charge in [-0.15, -0.1) is 0 Å². The van der Waals surface area contributed by atoms with Gasteiger partial charge in [0, 0.05) is 24.5 Å². The highest BCUT2D eigenvalue weighted by Crippen LogP contribution is 2.24. The maximum atomic E-state index is 11.0. The van der Waals surface area contributed by atoms with Crippen molar-refractivity contribution in [3.8, 4) is 16.9 Å². The molecule has 0 fully saturated rings. The van der Waals surface area contributed by atoms with Crippen LogP contribution in [-0.4, -0.2) is 21.2 Å². The molecule has 0 amide bonds. The molecule has 3 N–H and O–H groups in total. The van der Waals surface area contributed by atoms with E-state index in [1.54, 1.807) is 48.8 Å². The average molecular weight is 320 g/mol. The first-order chi connectivity index (χ1) is 11.6. The number of pyridine rings is 1. The van der Waals surface area contributed by atoms with Crippen LogP contribution in [0, 0.1) is 0 Å². The number of nitrogens with zero attached hydrogens (tertiary/aromatic N) is 1. The summed E-state index contributed by atoms with van der Waals surface area (Å²) in [7, 11) is 0. The van der Waals surface area contributed by atoms with Crippen molar-refractivity contribution in [1.29, 1.82) is 0 Å². The Kier molecular flexibility index (Phi) is 4.43. The van der Waals surface area contributed by atoms with E-state index in [0.717, 1.165) is 22.4 Å². The van der Waals surface area contributed by atoms with Gasteiger partial charge in [0.25, 0.3) is 0 Å². The highest BCUT2D eigenvalue weighted by Gasteiger charge is 2.04. The molecule has 0 saturated carbocycles. The number of aromatic hydroxyl groups is 1. The van der Waals surface area contributed by atoms with Gasteiger partial charge in [-0.05, 0) is 41.5 Å². The number of aromatic nitrogens is 1. The first kappa shape index (κ1) is 15.6. The predicted molar refractivity (Wildman–Crippen MR) is 92.1 cm³/mol. The van der Waals surface area contributed by atoms with Crippen molar-refractivity contribution in [2.24, 2.45) is 0 Å². The Morgan fingerprint density at radius 2 is 1.83 bits per heavy atom. The molecule has 0 aliphatic rings. The number of hydrogen-bond acceptors (Lipinski definition) is 4. The molecule has 24 heavy (non-hydrogen) atoms. The van der Waals surface area contributed by atoms with Crippen LogP contribution in [0.25, 0.3) is 11.1 Å². The number of aromatic carboxylic acids is 1. The molecule has 0 unspecified atom stereocenters. The third kappa shape index (κ3) is 3.70. The van der Waals surface area contributed by atoms with Gasteiger partial charge in [0.05, 0.1) is 11.3 Å². The fourth-order valence-corrected chi connectivity index (χ4v) is 2.40. The Morgan fingerprint density at radius 3 is 2.62 bits per heavy atom. The maximum absolute atomic E-state index is 11.0. The summed E-state index contributed by atoms with van der Waals surface area (Å²) in [6.45, 7) is 0.492. The number of phenolic OH excluding ortho intramolecular Hbond substituents is 1. The van der Waals surface area contributed by atoms with Crippen LogP contribution in [-0.2, 0) is 6.54 Å². The largest absolute Gasteiger partial charge is 0.508 e. The van der Waals surface area contributed by atoms with Gasteiger partial charge in [0.1, 0.15) is 5.75 Å². The van der Waals surface area contributed by atoms with Gasteiger partial charge in [0.2, 0.25) is 0 Å². The molecule has 2 aromatic carbocycles. The van der Waals surface area contributed by atoms with E-state index in [0.29, 0.717) is 6.54 Å². The van der Waals surface area contributed by atoms with Crippen LogP contribution in [0.5, 0.6) is 5.75 Å². The fraction of sp³-hybridized carbons (Fsp3) is 0.0526. The number of nitrogens with one attached hydrogen (secondary N) is 1. The third-order valence-electron chi connectivity index (χ3n) is 3.59. The zero-order chi connectivity index (χ0) is 16.9. The van der Waals surface area contributed by atoms with Gasteiger partial charge in [-0.2, -0.15) is 0 Å². The molecule has 5 heteroatoms. The van der Waals surface area contributed by atoms with Crippen LogP contribution in [0.15, 0.2) is 67.0 Å². The Labute approximate surface area is 139 Å². The molecule has 0 aliphatic heterocycles. The highest BCUT2D eigenvalue weighted by molar-refractivity contribution is 5.87. The third-order valence-corrected chi connectivity index (χ3v) is 3.59. The zero-order valence-electron chi connectivity index (χ0n) is 12.8. The Bertz CT molecular complexity index is 878. The maximum Gasteiger partial charge on any atom is 0.335 e. The summed E-state index contributed by atoms with van der Waals surface area (Å²) in [5.41, 5.74) is 3.71. The van der Waals surface area contributed by atoms with Crippen LogP contribution >= 0.6 is 0 Å². The van der Waals surface area contributed by atoms with E-state index in [9.17, 15) is 9.90 Å². The molecule has 5 nitrogen and oxygen atoms in total. The van der Waals surface area contributed by atoms with Crippen molar-refractivity contribution in [1.82, 2.24) is 4.98 Å². The molecule has 0 radical (unpaired) electrons. The topological polar surface area (TPSA) is 82.5 Å². The van der Waals surface area contributed by atoms with Crippen LogP contribution in [0.3, 0.4) is 0 Å². The zero-order valence-corrected chi connectivity index (χ0v) is 12.8. The number of rotatable bonds is 5. The van der Waals surface area contributed by atoms with Crippen molar-refractivity contribution in [3.05, 3.63) is 78.1 Å². The van der Waals surface area contributed by atoms with Gasteiger partial charge in [0.15, 0.2) is 0 Å². The van der Waals surface area contributed by atoms with Crippen molar-refractivity contribution < 1.29 is 15.0 Å². The average Bonchev–Trinajstić information content (AvgIpc) is 2.60. The number of phenols is 1. The van der Waals surface area contributed by atoms with Crippen molar-refractivity contribution in [2.45, 2.75) is 6.54 Å². The number of carbonyl (C=O) groups is 1. The molecule has 120 valence electrons. The van der Waals surface area contributed by atoms with E-state index < -0.39 is 5.97 Å². The summed E-state index contributed by atoms with van der Waals surface area (Å²) in [4.78, 5) is 15.2. The molecule has 0 spiro atoms. The lowest BCUT2D eigenvalue weighted by molar-refractivity contribution is 0.0696. The SMILES string of the molecule is O=C(O)c1cccc(CNc2cncc(-c3cccc(O)c3)c2)c1. The lowest BCUT2D eigenvalue weighted by Crippen LogP contribution is -2.02. The lowest BCUT2D eigenvalue weighted by Gasteiger charge is -2.09. The Balaban J connectivity index is 1.76. The molecular weight excluding hydrogens is 304 g/mol. The van der Waals surface area contributed by atoms with Crippen molar-refractivity contribution in [3.63, 3.8) is 0 Å². The van der Waals surface area contributed by atoms with Gasteiger partial charge in [-0.1, -0.05) is 24.3 Å². The lowest BCUT2D eigenvalue weighted by atomic mass is 10.1. The van der Waals surface area contributed by atoms with Crippen molar-refractivity contribution >= 4 is 11.7 Å². The molecule has 0 atom stereocenters. The van der Waals surface area contributed by atoms with Gasteiger partial charge >= 0.3 is 5.97 Å². The summed E-state index contributed by atoms with van der Waals surface area (Å²) >= 11 is 0. The summed E-state index contributed by atoms with van der Waals surface area (Å²) < 4.78 is 0. The number of benzene rings is 2. The molecule has 0 saturated heterocycles. The molecule has 0 aliphatic carbocycles. The predicted octanol–water partition coefficient (Wildman–Crippen LogP) is 3.76. The van der Waals surface area contributed by atoms with E-state index in [2.05, 4.69) is 10.3 Å². The standard InChI is InChI=1S/C19H16N2O3/c22-18-6-2-4-14(9-18)16-8-17(12-20-11-16)21-10-13-3-1-5-15(7-13)19(23)24/h1-9,11-12,21-22H,10H2,(H,23,24). The molecule has 0 bridgehead atoms. The van der Waals surface area contributed by atoms with Crippen LogP contribution in [0.2, 0.25) is 0 Å². The van der Waals surface area contributed by atoms with Crippen LogP contribution in [0.4, 0.5) is 5.69 Å². The van der Waals surface area contributed by atoms with Gasteiger partial charge < -0.3 is 15.5 Å². The quantitative estimate of drug-likeness (QED) is 0.666. The van der Waals surface area contributed by atoms with Gasteiger partial charge in [-0.25, -0.2) is 4.79 Å². The highest BCUT2D eigenvalue weighted by atomic mass is 16.4. The molecule has 1 heterocycles. The number of anilines is 1. The molecular formula is C19H16N2O3. The number of carboxylic acid groups (broad SMARTS) is 1. The number of carboxylic acids is 1. The van der Waals surface area contributed by atoms with Gasteiger partial charge in [-0.3, -0.25) is 4.98 Å². The second-order valence-electron chi connectivity index (χ2n) is 5.37. The monoisotopic (exact) mass is 320 g/mol. The minimum absolute atomic E-state index is 0.205.